The highest BCUT2D eigenvalue weighted by molar-refractivity contribution is 8.00. The van der Waals surface area contributed by atoms with Crippen molar-refractivity contribution >= 4 is 17.7 Å². The summed E-state index contributed by atoms with van der Waals surface area (Å²) in [4.78, 5) is 16.2. The van der Waals surface area contributed by atoms with Gasteiger partial charge in [0.25, 0.3) is 0 Å². The van der Waals surface area contributed by atoms with Gasteiger partial charge in [-0.15, -0.1) is 22.0 Å². The van der Waals surface area contributed by atoms with E-state index in [1.807, 2.05) is 18.2 Å². The number of amides is 1. The quantitative estimate of drug-likeness (QED) is 0.802. The lowest BCUT2D eigenvalue weighted by Gasteiger charge is -2.34. The van der Waals surface area contributed by atoms with Gasteiger partial charge in [-0.3, -0.25) is 4.79 Å². The molecule has 1 unspecified atom stereocenters. The molecule has 2 aliphatic heterocycles. The van der Waals surface area contributed by atoms with Crippen LogP contribution in [-0.4, -0.2) is 50.5 Å². The third-order valence-electron chi connectivity index (χ3n) is 5.49. The molecular weight excluding hydrogens is 358 g/mol. The smallest absolute Gasteiger partial charge is 0.236 e. The SMILES string of the molecule is CCC(Sc1ccccc1)C(=O)N1CCC(c2nnc3n2CCNC3)CC1. The van der Waals surface area contributed by atoms with E-state index >= 15 is 0 Å². The van der Waals surface area contributed by atoms with E-state index in [9.17, 15) is 4.79 Å². The average molecular weight is 386 g/mol. The molecule has 4 rings (SSSR count). The zero-order valence-electron chi connectivity index (χ0n) is 15.8. The van der Waals surface area contributed by atoms with Gasteiger partial charge < -0.3 is 14.8 Å². The molecule has 1 saturated heterocycles. The molecule has 1 aromatic heterocycles. The van der Waals surface area contributed by atoms with Crippen molar-refractivity contribution in [3.8, 4) is 0 Å². The molecule has 0 saturated carbocycles. The van der Waals surface area contributed by atoms with Crippen molar-refractivity contribution in [3.63, 3.8) is 0 Å². The van der Waals surface area contributed by atoms with E-state index in [4.69, 9.17) is 0 Å². The normalized spacial score (nSPS) is 18.9. The molecule has 27 heavy (non-hydrogen) atoms. The topological polar surface area (TPSA) is 63.1 Å². The highest BCUT2D eigenvalue weighted by Gasteiger charge is 2.31. The minimum atomic E-state index is -0.00382. The third kappa shape index (κ3) is 4.04. The summed E-state index contributed by atoms with van der Waals surface area (Å²) in [7, 11) is 0. The number of hydrogen-bond donors (Lipinski definition) is 1. The van der Waals surface area contributed by atoms with Gasteiger partial charge in [-0.05, 0) is 31.4 Å². The van der Waals surface area contributed by atoms with Crippen LogP contribution in [-0.2, 0) is 17.9 Å². The number of carbonyl (C=O) groups is 1. The molecule has 2 aromatic rings. The van der Waals surface area contributed by atoms with E-state index < -0.39 is 0 Å². The Bertz CT molecular complexity index is 770. The van der Waals surface area contributed by atoms with Crippen LogP contribution in [0.1, 0.15) is 43.8 Å². The number of thioether (sulfide) groups is 1. The summed E-state index contributed by atoms with van der Waals surface area (Å²) < 4.78 is 2.28. The largest absolute Gasteiger partial charge is 0.342 e. The predicted octanol–water partition coefficient (Wildman–Crippen LogP) is 2.66. The van der Waals surface area contributed by atoms with Crippen LogP contribution in [0.5, 0.6) is 0 Å². The maximum atomic E-state index is 13.0. The van der Waals surface area contributed by atoms with E-state index in [1.165, 1.54) is 0 Å². The zero-order chi connectivity index (χ0) is 18.6. The lowest BCUT2D eigenvalue weighted by Crippen LogP contribution is -2.42. The molecule has 1 N–H and O–H groups in total. The summed E-state index contributed by atoms with van der Waals surface area (Å²) in [5, 5.41) is 12.1. The van der Waals surface area contributed by atoms with Crippen molar-refractivity contribution < 1.29 is 4.79 Å². The molecule has 7 heteroatoms. The van der Waals surface area contributed by atoms with Crippen molar-refractivity contribution in [3.05, 3.63) is 42.0 Å². The van der Waals surface area contributed by atoms with Crippen LogP contribution < -0.4 is 5.32 Å². The van der Waals surface area contributed by atoms with Crippen molar-refractivity contribution in [2.75, 3.05) is 19.6 Å². The third-order valence-corrected chi connectivity index (χ3v) is 6.85. The number of hydrogen-bond acceptors (Lipinski definition) is 5. The fourth-order valence-electron chi connectivity index (χ4n) is 3.95. The van der Waals surface area contributed by atoms with Crippen molar-refractivity contribution in [1.82, 2.24) is 25.0 Å². The number of aromatic nitrogens is 3. The maximum absolute atomic E-state index is 13.0. The average Bonchev–Trinajstić information content (AvgIpc) is 3.16. The first-order valence-corrected chi connectivity index (χ1v) is 10.8. The molecule has 144 valence electrons. The van der Waals surface area contributed by atoms with Gasteiger partial charge in [-0.25, -0.2) is 0 Å². The fraction of sp³-hybridized carbons (Fsp3) is 0.550. The Morgan fingerprint density at radius 3 is 2.74 bits per heavy atom. The Kier molecular flexibility index (Phi) is 5.78. The van der Waals surface area contributed by atoms with Gasteiger partial charge in [0.05, 0.1) is 11.8 Å². The number of fused-ring (bicyclic) bond motifs is 1. The van der Waals surface area contributed by atoms with Crippen LogP contribution in [0.2, 0.25) is 0 Å². The summed E-state index contributed by atoms with van der Waals surface area (Å²) in [5.74, 6) is 2.84. The first-order valence-electron chi connectivity index (χ1n) is 9.89. The van der Waals surface area contributed by atoms with E-state index in [2.05, 4.69) is 44.0 Å². The lowest BCUT2D eigenvalue weighted by molar-refractivity contribution is -0.131. The minimum absolute atomic E-state index is 0.00382. The monoisotopic (exact) mass is 385 g/mol. The highest BCUT2D eigenvalue weighted by Crippen LogP contribution is 2.31. The summed E-state index contributed by atoms with van der Waals surface area (Å²) in [6.07, 6.45) is 2.80. The van der Waals surface area contributed by atoms with Gasteiger partial charge in [-0.1, -0.05) is 25.1 Å². The highest BCUT2D eigenvalue weighted by atomic mass is 32.2. The van der Waals surface area contributed by atoms with Gasteiger partial charge in [0.1, 0.15) is 11.6 Å². The molecule has 0 aliphatic carbocycles. The summed E-state index contributed by atoms with van der Waals surface area (Å²) >= 11 is 1.68. The first-order chi connectivity index (χ1) is 13.3. The van der Waals surface area contributed by atoms with E-state index in [-0.39, 0.29) is 11.2 Å². The summed E-state index contributed by atoms with van der Waals surface area (Å²) in [6, 6.07) is 10.2. The molecule has 0 radical (unpaired) electrons. The van der Waals surface area contributed by atoms with Crippen LogP contribution in [0.25, 0.3) is 0 Å². The van der Waals surface area contributed by atoms with Crippen LogP contribution in [0.4, 0.5) is 0 Å². The van der Waals surface area contributed by atoms with Crippen LogP contribution >= 0.6 is 11.8 Å². The number of nitrogens with one attached hydrogen (secondary N) is 1. The number of piperidine rings is 1. The predicted molar refractivity (Wildman–Crippen MR) is 107 cm³/mol. The Morgan fingerprint density at radius 1 is 1.22 bits per heavy atom. The maximum Gasteiger partial charge on any atom is 0.236 e. The Labute approximate surface area is 164 Å². The van der Waals surface area contributed by atoms with E-state index in [1.54, 1.807) is 11.8 Å². The molecule has 1 atom stereocenters. The standard InChI is InChI=1S/C20H27N5OS/c1-2-17(27-16-6-4-3-5-7-16)20(26)24-11-8-15(9-12-24)19-23-22-18-14-21-10-13-25(18)19/h3-7,15,17,21H,2,8-14H2,1H3. The van der Waals surface area contributed by atoms with Crippen LogP contribution in [0, 0.1) is 0 Å². The van der Waals surface area contributed by atoms with Crippen molar-refractivity contribution in [1.29, 1.82) is 0 Å². The number of likely N-dealkylation sites (tertiary alicyclic amines) is 1. The molecule has 1 amide bonds. The minimum Gasteiger partial charge on any atom is -0.342 e. The molecule has 0 spiro atoms. The van der Waals surface area contributed by atoms with E-state index in [0.29, 0.717) is 5.92 Å². The second-order valence-corrected chi connectivity index (χ2v) is 8.51. The Hall–Kier alpha value is -1.86. The second-order valence-electron chi connectivity index (χ2n) is 7.23. The van der Waals surface area contributed by atoms with Crippen LogP contribution in [0.3, 0.4) is 0 Å². The Balaban J connectivity index is 1.37. The molecule has 2 aliphatic rings. The number of nitrogens with zero attached hydrogens (tertiary/aromatic N) is 4. The van der Waals surface area contributed by atoms with Crippen molar-refractivity contribution in [2.24, 2.45) is 0 Å². The van der Waals surface area contributed by atoms with Gasteiger partial charge in [0, 0.05) is 37.0 Å². The molecule has 6 nitrogen and oxygen atoms in total. The van der Waals surface area contributed by atoms with Gasteiger partial charge >= 0.3 is 0 Å². The van der Waals surface area contributed by atoms with Crippen LogP contribution in [0.15, 0.2) is 35.2 Å². The first kappa shape index (κ1) is 18.5. The molecule has 3 heterocycles. The molecule has 1 fully saturated rings. The second kappa shape index (κ2) is 8.44. The Morgan fingerprint density at radius 2 is 2.00 bits per heavy atom. The fourth-order valence-corrected chi connectivity index (χ4v) is 5.01. The summed E-state index contributed by atoms with van der Waals surface area (Å²) in [6.45, 7) is 6.46. The number of benzene rings is 1. The van der Waals surface area contributed by atoms with Crippen molar-refractivity contribution in [2.45, 2.75) is 55.3 Å². The zero-order valence-corrected chi connectivity index (χ0v) is 16.6. The lowest BCUT2D eigenvalue weighted by atomic mass is 9.95. The molecule has 1 aromatic carbocycles. The number of rotatable bonds is 5. The van der Waals surface area contributed by atoms with Gasteiger partial charge in [0.15, 0.2) is 0 Å². The van der Waals surface area contributed by atoms with Gasteiger partial charge in [-0.2, -0.15) is 0 Å². The van der Waals surface area contributed by atoms with E-state index in [0.717, 1.165) is 68.5 Å². The summed E-state index contributed by atoms with van der Waals surface area (Å²) in [5.41, 5.74) is 0. The molecule has 0 bridgehead atoms. The number of carbonyl (C=O) groups excluding carboxylic acids is 1. The molecular formula is C20H27N5OS. The van der Waals surface area contributed by atoms with Gasteiger partial charge in [0.2, 0.25) is 5.91 Å².